The van der Waals surface area contributed by atoms with E-state index in [4.69, 9.17) is 30.5 Å². The van der Waals surface area contributed by atoms with Crippen LogP contribution in [0.1, 0.15) is 31.1 Å². The summed E-state index contributed by atoms with van der Waals surface area (Å²) in [5.74, 6) is 0.488. The highest BCUT2D eigenvalue weighted by Gasteiger charge is 2.17. The second-order valence-corrected chi connectivity index (χ2v) is 6.73. The fraction of sp³-hybridized carbons (Fsp3) is 0.333. The standard InChI is InChI=1S/C21H25ClN2O6/c1-5-28-16-8-6-7-9-17(16)29-12-19(25)23-24-21(26)14-10-15(22)20(30-13(2)3)18(11-14)27-4/h6-11,13H,5,12H2,1-4H3,(H,23,25)(H,24,26). The van der Waals surface area contributed by atoms with Gasteiger partial charge in [0.15, 0.2) is 29.6 Å². The van der Waals surface area contributed by atoms with Gasteiger partial charge < -0.3 is 18.9 Å². The van der Waals surface area contributed by atoms with Gasteiger partial charge in [-0.3, -0.25) is 20.4 Å². The number of rotatable bonds is 9. The second-order valence-electron chi connectivity index (χ2n) is 6.33. The monoisotopic (exact) mass is 436 g/mol. The number of para-hydroxylation sites is 2. The Balaban J connectivity index is 1.95. The molecule has 2 aromatic rings. The highest BCUT2D eigenvalue weighted by Crippen LogP contribution is 2.37. The Morgan fingerprint density at radius 3 is 2.30 bits per heavy atom. The van der Waals surface area contributed by atoms with Gasteiger partial charge in [-0.1, -0.05) is 23.7 Å². The molecule has 0 spiro atoms. The van der Waals surface area contributed by atoms with Crippen molar-refractivity contribution in [3.05, 3.63) is 47.0 Å². The summed E-state index contributed by atoms with van der Waals surface area (Å²) in [6.45, 7) is 5.70. The number of hydrazine groups is 1. The molecule has 0 atom stereocenters. The van der Waals surface area contributed by atoms with Gasteiger partial charge in [-0.05, 0) is 45.0 Å². The van der Waals surface area contributed by atoms with E-state index < -0.39 is 11.8 Å². The van der Waals surface area contributed by atoms with Gasteiger partial charge in [-0.15, -0.1) is 0 Å². The molecule has 2 aromatic carbocycles. The average Bonchev–Trinajstić information content (AvgIpc) is 2.72. The van der Waals surface area contributed by atoms with Crippen LogP contribution in [-0.4, -0.2) is 38.2 Å². The van der Waals surface area contributed by atoms with E-state index in [0.29, 0.717) is 29.6 Å². The maximum Gasteiger partial charge on any atom is 0.276 e. The van der Waals surface area contributed by atoms with Gasteiger partial charge in [-0.25, -0.2) is 0 Å². The lowest BCUT2D eigenvalue weighted by molar-refractivity contribution is -0.123. The highest BCUT2D eigenvalue weighted by atomic mass is 35.5. The van der Waals surface area contributed by atoms with Gasteiger partial charge in [0.05, 0.1) is 24.8 Å². The third-order valence-corrected chi connectivity index (χ3v) is 3.95. The van der Waals surface area contributed by atoms with Crippen molar-refractivity contribution in [1.29, 1.82) is 0 Å². The Bertz CT molecular complexity index is 888. The normalized spacial score (nSPS) is 10.3. The quantitative estimate of drug-likeness (QED) is 0.585. The van der Waals surface area contributed by atoms with Crippen LogP contribution in [0.3, 0.4) is 0 Å². The Morgan fingerprint density at radius 1 is 1.03 bits per heavy atom. The molecule has 0 aromatic heterocycles. The fourth-order valence-electron chi connectivity index (χ4n) is 2.42. The van der Waals surface area contributed by atoms with Crippen LogP contribution in [0.15, 0.2) is 36.4 Å². The molecule has 2 N–H and O–H groups in total. The number of benzene rings is 2. The van der Waals surface area contributed by atoms with Crippen LogP contribution in [-0.2, 0) is 4.79 Å². The largest absolute Gasteiger partial charge is 0.493 e. The lowest BCUT2D eigenvalue weighted by Crippen LogP contribution is -2.43. The molecule has 0 aliphatic rings. The van der Waals surface area contributed by atoms with Gasteiger partial charge in [0.2, 0.25) is 0 Å². The van der Waals surface area contributed by atoms with Crippen molar-refractivity contribution in [2.24, 2.45) is 0 Å². The first kappa shape index (κ1) is 23.2. The molecule has 0 bridgehead atoms. The molecule has 0 radical (unpaired) electrons. The molecule has 0 aliphatic heterocycles. The molecule has 0 heterocycles. The third kappa shape index (κ3) is 6.45. The summed E-state index contributed by atoms with van der Waals surface area (Å²) in [6.07, 6.45) is -0.122. The van der Waals surface area contributed by atoms with Crippen LogP contribution in [0.25, 0.3) is 0 Å². The van der Waals surface area contributed by atoms with E-state index in [1.807, 2.05) is 20.8 Å². The number of methoxy groups -OCH3 is 1. The Kier molecular flexibility index (Phi) is 8.61. The molecule has 0 saturated carbocycles. The maximum absolute atomic E-state index is 12.4. The summed E-state index contributed by atoms with van der Waals surface area (Å²) in [5, 5.41) is 0.218. The van der Waals surface area contributed by atoms with Crippen molar-refractivity contribution in [2.75, 3.05) is 20.3 Å². The Labute approximate surface area is 180 Å². The highest BCUT2D eigenvalue weighted by molar-refractivity contribution is 6.32. The van der Waals surface area contributed by atoms with Crippen molar-refractivity contribution >= 4 is 23.4 Å². The molecule has 0 aliphatic carbocycles. The average molecular weight is 437 g/mol. The smallest absolute Gasteiger partial charge is 0.276 e. The van der Waals surface area contributed by atoms with Crippen LogP contribution < -0.4 is 29.8 Å². The number of hydrogen-bond donors (Lipinski definition) is 2. The first-order chi connectivity index (χ1) is 14.3. The van der Waals surface area contributed by atoms with Crippen molar-refractivity contribution in [2.45, 2.75) is 26.9 Å². The summed E-state index contributed by atoms with van der Waals surface area (Å²) >= 11 is 6.22. The third-order valence-electron chi connectivity index (χ3n) is 3.67. The molecular formula is C21H25ClN2O6. The van der Waals surface area contributed by atoms with Crippen LogP contribution in [0, 0.1) is 0 Å². The molecule has 2 rings (SSSR count). The van der Waals surface area contributed by atoms with Gasteiger partial charge in [0, 0.05) is 5.56 Å². The van der Waals surface area contributed by atoms with Gasteiger partial charge >= 0.3 is 0 Å². The number of carbonyl (C=O) groups excluding carboxylic acids is 2. The first-order valence-electron chi connectivity index (χ1n) is 9.33. The van der Waals surface area contributed by atoms with E-state index in [-0.39, 0.29) is 23.3 Å². The number of hydrogen-bond acceptors (Lipinski definition) is 6. The second kappa shape index (κ2) is 11.2. The molecule has 162 valence electrons. The van der Waals surface area contributed by atoms with E-state index in [0.717, 1.165) is 0 Å². The summed E-state index contributed by atoms with van der Waals surface area (Å²) in [5.41, 5.74) is 4.79. The summed E-state index contributed by atoms with van der Waals surface area (Å²) in [4.78, 5) is 24.4. The molecule has 0 fully saturated rings. The molecule has 8 nitrogen and oxygen atoms in total. The van der Waals surface area contributed by atoms with E-state index in [2.05, 4.69) is 10.9 Å². The molecule has 9 heteroatoms. The zero-order valence-electron chi connectivity index (χ0n) is 17.3. The van der Waals surface area contributed by atoms with E-state index in [1.165, 1.54) is 19.2 Å². The first-order valence-corrected chi connectivity index (χ1v) is 9.71. The lowest BCUT2D eigenvalue weighted by Gasteiger charge is -2.16. The van der Waals surface area contributed by atoms with Crippen LogP contribution >= 0.6 is 11.6 Å². The van der Waals surface area contributed by atoms with Crippen LogP contribution in [0.5, 0.6) is 23.0 Å². The zero-order valence-corrected chi connectivity index (χ0v) is 18.0. The number of halogens is 1. The summed E-state index contributed by atoms with van der Waals surface area (Å²) < 4.78 is 21.8. The predicted molar refractivity (Wildman–Crippen MR) is 112 cm³/mol. The lowest BCUT2D eigenvalue weighted by atomic mass is 10.2. The minimum absolute atomic E-state index is 0.122. The van der Waals surface area contributed by atoms with Crippen LogP contribution in [0.2, 0.25) is 5.02 Å². The molecule has 0 unspecified atom stereocenters. The van der Waals surface area contributed by atoms with Crippen molar-refractivity contribution in [3.8, 4) is 23.0 Å². The van der Waals surface area contributed by atoms with E-state index in [1.54, 1.807) is 24.3 Å². The molecular weight excluding hydrogens is 412 g/mol. The van der Waals surface area contributed by atoms with E-state index in [9.17, 15) is 9.59 Å². The molecule has 2 amide bonds. The van der Waals surface area contributed by atoms with Crippen LogP contribution in [0.4, 0.5) is 0 Å². The summed E-state index contributed by atoms with van der Waals surface area (Å²) in [6, 6.07) is 9.89. The van der Waals surface area contributed by atoms with Gasteiger partial charge in [-0.2, -0.15) is 0 Å². The fourth-order valence-corrected chi connectivity index (χ4v) is 2.68. The summed E-state index contributed by atoms with van der Waals surface area (Å²) in [7, 11) is 1.44. The predicted octanol–water partition coefficient (Wildman–Crippen LogP) is 3.37. The minimum atomic E-state index is -0.575. The Hall–Kier alpha value is -3.13. The van der Waals surface area contributed by atoms with Crippen molar-refractivity contribution in [1.82, 2.24) is 10.9 Å². The SMILES string of the molecule is CCOc1ccccc1OCC(=O)NNC(=O)c1cc(Cl)c(OC(C)C)c(OC)c1. The topological polar surface area (TPSA) is 95.1 Å². The van der Waals surface area contributed by atoms with Crippen molar-refractivity contribution < 1.29 is 28.5 Å². The van der Waals surface area contributed by atoms with Gasteiger partial charge in [0.1, 0.15) is 0 Å². The zero-order chi connectivity index (χ0) is 22.1. The Morgan fingerprint density at radius 2 is 1.70 bits per heavy atom. The van der Waals surface area contributed by atoms with Gasteiger partial charge in [0.25, 0.3) is 11.8 Å². The number of nitrogens with one attached hydrogen (secondary N) is 2. The minimum Gasteiger partial charge on any atom is -0.493 e. The number of carbonyl (C=O) groups is 2. The molecule has 0 saturated heterocycles. The molecule has 30 heavy (non-hydrogen) atoms. The van der Waals surface area contributed by atoms with E-state index >= 15 is 0 Å². The maximum atomic E-state index is 12.4. The number of ether oxygens (including phenoxy) is 4. The van der Waals surface area contributed by atoms with Crippen molar-refractivity contribution in [3.63, 3.8) is 0 Å². The number of amides is 2.